The predicted octanol–water partition coefficient (Wildman–Crippen LogP) is 1.80. The number of nitrogens with zero attached hydrogens (tertiary/aromatic N) is 1. The van der Waals surface area contributed by atoms with Crippen LogP contribution in [0.5, 0.6) is 0 Å². The molecular weight excluding hydrogens is 153 g/mol. The van der Waals surface area contributed by atoms with Crippen LogP contribution in [0.1, 0.15) is 19.8 Å². The molecule has 0 saturated carbocycles. The second-order valence-corrected chi connectivity index (χ2v) is 4.13. The van der Waals surface area contributed by atoms with Crippen LogP contribution in [0.2, 0.25) is 0 Å². The van der Waals surface area contributed by atoms with Gasteiger partial charge in [0.05, 0.1) is 7.85 Å². The topological polar surface area (TPSA) is 3.24 Å². The summed E-state index contributed by atoms with van der Waals surface area (Å²) in [4.78, 5) is 0. The number of hydrogen-bond donors (Lipinski definition) is 0. The van der Waals surface area contributed by atoms with Gasteiger partial charge in [0.15, 0.2) is 0 Å². The van der Waals surface area contributed by atoms with E-state index >= 15 is 0 Å². The van der Waals surface area contributed by atoms with Gasteiger partial charge in [-0.05, 0) is 18.8 Å². The van der Waals surface area contributed by atoms with Crippen LogP contribution in [-0.2, 0) is 0 Å². The number of piperidine rings is 1. The minimum atomic E-state index is 0.196. The van der Waals surface area contributed by atoms with Gasteiger partial charge in [0.2, 0.25) is 0 Å². The zero-order chi connectivity index (χ0) is 8.27. The predicted molar refractivity (Wildman–Crippen MR) is 52.8 cm³/mol. The lowest BCUT2D eigenvalue weighted by Crippen LogP contribution is -2.35. The Hall–Kier alpha value is 0.115. The zero-order valence-electron chi connectivity index (χ0n) is 7.05. The molecule has 1 atom stereocenters. The zero-order valence-corrected chi connectivity index (χ0v) is 7.86. The molecular formula is C8H14BNS. The molecule has 1 unspecified atom stereocenters. The van der Waals surface area contributed by atoms with Crippen LogP contribution in [0.15, 0.2) is 12.2 Å². The highest BCUT2D eigenvalue weighted by molar-refractivity contribution is 7.97. The molecule has 0 aromatic heterocycles. The van der Waals surface area contributed by atoms with Gasteiger partial charge in [0, 0.05) is 12.3 Å². The molecule has 0 bridgehead atoms. The van der Waals surface area contributed by atoms with Gasteiger partial charge in [0.1, 0.15) is 0 Å². The number of hydrogen-bond acceptors (Lipinski definition) is 2. The van der Waals surface area contributed by atoms with E-state index in [0.717, 1.165) is 25.1 Å². The van der Waals surface area contributed by atoms with Crippen LogP contribution in [0.25, 0.3) is 0 Å². The van der Waals surface area contributed by atoms with Crippen molar-refractivity contribution in [1.82, 2.24) is 4.31 Å². The molecule has 1 aliphatic rings. The lowest BCUT2D eigenvalue weighted by atomic mass is 9.86. The minimum Gasteiger partial charge on any atom is -0.256 e. The maximum atomic E-state index is 5.90. The van der Waals surface area contributed by atoms with Gasteiger partial charge >= 0.3 is 0 Å². The van der Waals surface area contributed by atoms with Gasteiger partial charge in [0.25, 0.3) is 0 Å². The maximum absolute atomic E-state index is 5.90. The summed E-state index contributed by atoms with van der Waals surface area (Å²) in [5.41, 5.74) is 1.30. The summed E-state index contributed by atoms with van der Waals surface area (Å²) in [6, 6.07) is 0. The highest BCUT2D eigenvalue weighted by atomic mass is 32.2. The Balaban J connectivity index is 2.37. The summed E-state index contributed by atoms with van der Waals surface area (Å²) >= 11 is 1.83. The fraction of sp³-hybridized carbons (Fsp3) is 0.750. The van der Waals surface area contributed by atoms with E-state index in [1.165, 1.54) is 5.57 Å². The molecule has 3 heteroatoms. The Morgan fingerprint density at radius 1 is 1.82 bits per heavy atom. The third-order valence-corrected chi connectivity index (χ3v) is 2.89. The first-order valence-electron chi connectivity index (χ1n) is 4.06. The molecule has 0 aromatic rings. The van der Waals surface area contributed by atoms with Crippen LogP contribution in [0.4, 0.5) is 0 Å². The molecule has 0 aromatic carbocycles. The van der Waals surface area contributed by atoms with Gasteiger partial charge in [-0.1, -0.05) is 31.0 Å². The standard InChI is InChI=1S/C8H14BNS/c1-3-11-10-5-4-7(2)6-8(10)9/h8H,2-6H2,1H3. The van der Waals surface area contributed by atoms with Gasteiger partial charge in [-0.25, -0.2) is 0 Å². The molecule has 0 N–H and O–H groups in total. The van der Waals surface area contributed by atoms with Crippen LogP contribution in [0, 0.1) is 0 Å². The second kappa shape index (κ2) is 4.22. The van der Waals surface area contributed by atoms with E-state index in [1.54, 1.807) is 0 Å². The van der Waals surface area contributed by atoms with E-state index in [4.69, 9.17) is 7.85 Å². The fourth-order valence-corrected chi connectivity index (χ4v) is 2.08. The van der Waals surface area contributed by atoms with E-state index in [0.29, 0.717) is 0 Å². The molecule has 0 amide bonds. The van der Waals surface area contributed by atoms with E-state index in [9.17, 15) is 0 Å². The molecule has 1 fully saturated rings. The van der Waals surface area contributed by atoms with Crippen molar-refractivity contribution in [3.05, 3.63) is 12.2 Å². The highest BCUT2D eigenvalue weighted by Crippen LogP contribution is 2.24. The van der Waals surface area contributed by atoms with Gasteiger partial charge in [-0.2, -0.15) is 0 Å². The van der Waals surface area contributed by atoms with Crippen molar-refractivity contribution in [3.8, 4) is 0 Å². The van der Waals surface area contributed by atoms with Gasteiger partial charge in [-0.15, -0.1) is 0 Å². The van der Waals surface area contributed by atoms with Crippen molar-refractivity contribution in [2.75, 3.05) is 12.3 Å². The second-order valence-electron chi connectivity index (χ2n) is 2.83. The third kappa shape index (κ3) is 2.56. The summed E-state index contributed by atoms with van der Waals surface area (Å²) < 4.78 is 2.26. The maximum Gasteiger partial charge on any atom is 0.0928 e. The average Bonchev–Trinajstić information content (AvgIpc) is 1.95. The Bertz CT molecular complexity index is 149. The summed E-state index contributed by atoms with van der Waals surface area (Å²) in [6.07, 6.45) is 2.08. The van der Waals surface area contributed by atoms with E-state index in [-0.39, 0.29) is 5.94 Å². The first-order chi connectivity index (χ1) is 5.24. The number of rotatable bonds is 2. The molecule has 11 heavy (non-hydrogen) atoms. The Labute approximate surface area is 74.8 Å². The van der Waals surface area contributed by atoms with Crippen molar-refractivity contribution in [2.24, 2.45) is 0 Å². The van der Waals surface area contributed by atoms with E-state index < -0.39 is 0 Å². The monoisotopic (exact) mass is 167 g/mol. The van der Waals surface area contributed by atoms with Crippen LogP contribution in [0.3, 0.4) is 0 Å². The molecule has 1 aliphatic heterocycles. The van der Waals surface area contributed by atoms with Crippen molar-refractivity contribution in [2.45, 2.75) is 25.7 Å². The van der Waals surface area contributed by atoms with Crippen molar-refractivity contribution in [3.63, 3.8) is 0 Å². The van der Waals surface area contributed by atoms with Gasteiger partial charge < -0.3 is 0 Å². The van der Waals surface area contributed by atoms with Crippen LogP contribution < -0.4 is 0 Å². The van der Waals surface area contributed by atoms with Crippen molar-refractivity contribution < 1.29 is 0 Å². The first kappa shape index (κ1) is 9.20. The van der Waals surface area contributed by atoms with Gasteiger partial charge in [-0.3, -0.25) is 4.31 Å². The van der Waals surface area contributed by atoms with Crippen molar-refractivity contribution in [1.29, 1.82) is 0 Å². The minimum absolute atomic E-state index is 0.196. The van der Waals surface area contributed by atoms with E-state index in [2.05, 4.69) is 17.8 Å². The Morgan fingerprint density at radius 3 is 3.09 bits per heavy atom. The highest BCUT2D eigenvalue weighted by Gasteiger charge is 2.19. The summed E-state index contributed by atoms with van der Waals surface area (Å²) in [7, 11) is 5.90. The van der Waals surface area contributed by atoms with E-state index in [1.807, 2.05) is 11.9 Å². The van der Waals surface area contributed by atoms with Crippen LogP contribution in [-0.4, -0.2) is 30.4 Å². The summed E-state index contributed by atoms with van der Waals surface area (Å²) in [5.74, 6) is 1.31. The smallest absolute Gasteiger partial charge is 0.0928 e. The molecule has 1 saturated heterocycles. The first-order valence-corrected chi connectivity index (χ1v) is 5.00. The molecule has 0 aliphatic carbocycles. The quantitative estimate of drug-likeness (QED) is 0.350. The Morgan fingerprint density at radius 2 is 2.55 bits per heavy atom. The largest absolute Gasteiger partial charge is 0.256 e. The van der Waals surface area contributed by atoms with Crippen LogP contribution >= 0.6 is 11.9 Å². The molecule has 2 radical (unpaired) electrons. The Kier molecular flexibility index (Phi) is 3.53. The molecule has 1 rings (SSSR count). The third-order valence-electron chi connectivity index (χ3n) is 1.85. The SMILES string of the molecule is [B]C1CC(=C)CCN1SCC. The lowest BCUT2D eigenvalue weighted by Gasteiger charge is -2.33. The molecule has 0 spiro atoms. The normalized spacial score (nSPS) is 27.4. The summed E-state index contributed by atoms with van der Waals surface area (Å²) in [6.45, 7) is 7.16. The summed E-state index contributed by atoms with van der Waals surface area (Å²) in [5, 5.41) is 0. The molecule has 1 heterocycles. The molecule has 1 nitrogen and oxygen atoms in total. The average molecular weight is 167 g/mol. The lowest BCUT2D eigenvalue weighted by molar-refractivity contribution is 0.397. The molecule has 60 valence electrons. The van der Waals surface area contributed by atoms with Crippen molar-refractivity contribution >= 4 is 19.8 Å². The fourth-order valence-electron chi connectivity index (χ4n) is 1.26.